The molecule has 2 bridgehead atoms. The molecule has 5 heteroatoms. The number of allylic oxidation sites excluding steroid dienone is 2. The minimum absolute atomic E-state index is 0.137. The number of rotatable bonds is 3. The molecule has 4 atom stereocenters. The van der Waals surface area contributed by atoms with E-state index < -0.39 is 0 Å². The Morgan fingerprint density at radius 3 is 2.47 bits per heavy atom. The second-order valence-corrected chi connectivity index (χ2v) is 8.75. The molecule has 5 nitrogen and oxygen atoms in total. The van der Waals surface area contributed by atoms with E-state index in [-0.39, 0.29) is 41.4 Å². The van der Waals surface area contributed by atoms with Crippen LogP contribution in [-0.4, -0.2) is 17.7 Å². The summed E-state index contributed by atoms with van der Waals surface area (Å²) in [7, 11) is 0. The van der Waals surface area contributed by atoms with Crippen LogP contribution < -0.4 is 10.2 Å². The van der Waals surface area contributed by atoms with Crippen molar-refractivity contribution in [2.45, 2.75) is 27.2 Å². The number of nitrogens with one attached hydrogen (secondary N) is 1. The van der Waals surface area contributed by atoms with Gasteiger partial charge in [0.15, 0.2) is 0 Å². The summed E-state index contributed by atoms with van der Waals surface area (Å²) in [5.74, 6) is -0.964. The third-order valence-electron chi connectivity index (χ3n) is 7.04. The van der Waals surface area contributed by atoms with Crippen LogP contribution in [0.2, 0.25) is 0 Å². The topological polar surface area (TPSA) is 66.5 Å². The second kappa shape index (κ2) is 6.66. The molecule has 1 saturated carbocycles. The van der Waals surface area contributed by atoms with Crippen molar-refractivity contribution < 1.29 is 14.4 Å². The van der Waals surface area contributed by atoms with E-state index in [4.69, 9.17) is 0 Å². The fraction of sp³-hybridized carbons (Fsp3) is 0.320. The van der Waals surface area contributed by atoms with E-state index in [2.05, 4.69) is 11.4 Å². The Hall–Kier alpha value is -3.21. The molecule has 3 aliphatic rings. The minimum Gasteiger partial charge on any atom is -0.322 e. The largest absolute Gasteiger partial charge is 0.322 e. The van der Waals surface area contributed by atoms with E-state index in [0.717, 1.165) is 17.5 Å². The summed E-state index contributed by atoms with van der Waals surface area (Å²) in [6, 6.07) is 12.6. The second-order valence-electron chi connectivity index (χ2n) is 8.75. The van der Waals surface area contributed by atoms with Gasteiger partial charge in [0.1, 0.15) is 0 Å². The van der Waals surface area contributed by atoms with Crippen molar-refractivity contribution in [1.82, 2.24) is 0 Å². The van der Waals surface area contributed by atoms with Gasteiger partial charge in [-0.05, 0) is 74.4 Å². The van der Waals surface area contributed by atoms with Gasteiger partial charge in [-0.2, -0.15) is 0 Å². The van der Waals surface area contributed by atoms with Crippen LogP contribution in [0.4, 0.5) is 11.4 Å². The van der Waals surface area contributed by atoms with E-state index in [9.17, 15) is 14.4 Å². The molecule has 1 aliphatic heterocycles. The molecule has 1 N–H and O–H groups in total. The Morgan fingerprint density at radius 1 is 0.967 bits per heavy atom. The number of fused-ring (bicyclic) bond motifs is 5. The fourth-order valence-electron chi connectivity index (χ4n) is 5.39. The summed E-state index contributed by atoms with van der Waals surface area (Å²) in [5, 5.41) is 2.91. The van der Waals surface area contributed by atoms with Gasteiger partial charge >= 0.3 is 0 Å². The van der Waals surface area contributed by atoms with Crippen LogP contribution in [0.1, 0.15) is 34.8 Å². The van der Waals surface area contributed by atoms with Crippen LogP contribution in [0.3, 0.4) is 0 Å². The lowest BCUT2D eigenvalue weighted by molar-refractivity contribution is -0.123. The van der Waals surface area contributed by atoms with Gasteiger partial charge in [-0.15, -0.1) is 0 Å². The van der Waals surface area contributed by atoms with Gasteiger partial charge in [0.05, 0.1) is 23.1 Å². The highest BCUT2D eigenvalue weighted by atomic mass is 16.2. The maximum Gasteiger partial charge on any atom is 0.257 e. The Morgan fingerprint density at radius 2 is 1.70 bits per heavy atom. The number of nitrogens with zero attached hydrogens (tertiary/aromatic N) is 1. The number of anilines is 2. The smallest absolute Gasteiger partial charge is 0.257 e. The van der Waals surface area contributed by atoms with E-state index in [1.54, 1.807) is 24.3 Å². The van der Waals surface area contributed by atoms with E-state index in [1.165, 1.54) is 10.5 Å². The number of carbonyl (C=O) groups is 3. The van der Waals surface area contributed by atoms with Gasteiger partial charge in [0, 0.05) is 5.69 Å². The van der Waals surface area contributed by atoms with Crippen molar-refractivity contribution in [3.05, 3.63) is 70.8 Å². The third kappa shape index (κ3) is 2.65. The zero-order valence-electron chi connectivity index (χ0n) is 17.3. The number of amides is 3. The summed E-state index contributed by atoms with van der Waals surface area (Å²) in [4.78, 5) is 40.9. The SMILES string of the molecule is CC1=C[C@H]2C[C@H]1[C@H]1C(=O)N(c3ccccc3C(=O)Nc3ccc(C)c(C)c3)C(=O)[C@@H]12. The maximum atomic E-state index is 13.3. The highest BCUT2D eigenvalue weighted by molar-refractivity contribution is 6.25. The lowest BCUT2D eigenvalue weighted by Gasteiger charge is -2.20. The zero-order chi connectivity index (χ0) is 21.2. The first kappa shape index (κ1) is 18.8. The average molecular weight is 400 g/mol. The van der Waals surface area contributed by atoms with Gasteiger partial charge < -0.3 is 5.32 Å². The Kier molecular flexibility index (Phi) is 4.17. The molecule has 3 amide bonds. The van der Waals surface area contributed by atoms with Crippen LogP contribution in [0.5, 0.6) is 0 Å². The standard InChI is InChI=1S/C25H24N2O3/c1-13-8-9-17(11-14(13)2)26-23(28)18-6-4-5-7-20(18)27-24(29)21-16-10-15(3)19(12-16)22(21)25(27)30/h4-11,16,19,21-22H,12H2,1-3H3,(H,26,28)/t16-,19+,21+,22+/m0/s1. The molecule has 0 unspecified atom stereocenters. The van der Waals surface area contributed by atoms with Crippen molar-refractivity contribution in [3.63, 3.8) is 0 Å². The summed E-state index contributed by atoms with van der Waals surface area (Å²) >= 11 is 0. The quantitative estimate of drug-likeness (QED) is 0.618. The number of benzene rings is 2. The highest BCUT2D eigenvalue weighted by Gasteiger charge is 2.61. The first-order valence-corrected chi connectivity index (χ1v) is 10.4. The number of imide groups is 1. The monoisotopic (exact) mass is 400 g/mol. The molecule has 0 radical (unpaired) electrons. The van der Waals surface area contributed by atoms with Crippen LogP contribution in [0.25, 0.3) is 0 Å². The third-order valence-corrected chi connectivity index (χ3v) is 7.04. The van der Waals surface area contributed by atoms with Crippen molar-refractivity contribution in [3.8, 4) is 0 Å². The molecule has 0 aromatic heterocycles. The predicted octanol–water partition coefficient (Wildman–Crippen LogP) is 4.26. The van der Waals surface area contributed by atoms with Gasteiger partial charge in [0.2, 0.25) is 11.8 Å². The fourth-order valence-corrected chi connectivity index (χ4v) is 5.39. The Labute approximate surface area is 175 Å². The molecule has 1 saturated heterocycles. The molecule has 30 heavy (non-hydrogen) atoms. The number of aryl methyl sites for hydroxylation is 2. The lowest BCUT2D eigenvalue weighted by Crippen LogP contribution is -2.34. The molecule has 1 heterocycles. The molecule has 5 rings (SSSR count). The predicted molar refractivity (Wildman–Crippen MR) is 115 cm³/mol. The summed E-state index contributed by atoms with van der Waals surface area (Å²) in [6.45, 7) is 6.05. The van der Waals surface area contributed by atoms with Gasteiger partial charge in [-0.1, -0.05) is 29.8 Å². The minimum atomic E-state index is -0.330. The van der Waals surface area contributed by atoms with Crippen LogP contribution in [0, 0.1) is 37.5 Å². The van der Waals surface area contributed by atoms with Crippen molar-refractivity contribution in [2.24, 2.45) is 23.7 Å². The average Bonchev–Trinajstić information content (AvgIpc) is 3.35. The van der Waals surface area contributed by atoms with Gasteiger partial charge in [0.25, 0.3) is 5.91 Å². The molecule has 2 fully saturated rings. The highest BCUT2D eigenvalue weighted by Crippen LogP contribution is 2.56. The van der Waals surface area contributed by atoms with Gasteiger partial charge in [-0.3, -0.25) is 14.4 Å². The van der Waals surface area contributed by atoms with Crippen molar-refractivity contribution in [1.29, 1.82) is 0 Å². The Balaban J connectivity index is 1.47. The molecular weight excluding hydrogens is 376 g/mol. The molecule has 2 aromatic rings. The summed E-state index contributed by atoms with van der Waals surface area (Å²) in [5.41, 5.74) is 4.83. The summed E-state index contributed by atoms with van der Waals surface area (Å²) < 4.78 is 0. The normalized spacial score (nSPS) is 26.8. The maximum absolute atomic E-state index is 13.3. The van der Waals surface area contributed by atoms with Gasteiger partial charge in [-0.25, -0.2) is 4.90 Å². The molecule has 152 valence electrons. The van der Waals surface area contributed by atoms with Crippen LogP contribution in [0.15, 0.2) is 54.1 Å². The lowest BCUT2D eigenvalue weighted by atomic mass is 9.82. The zero-order valence-corrected chi connectivity index (χ0v) is 17.3. The van der Waals surface area contributed by atoms with Crippen LogP contribution in [-0.2, 0) is 9.59 Å². The molecule has 2 aromatic carbocycles. The van der Waals surface area contributed by atoms with E-state index >= 15 is 0 Å². The molecule has 2 aliphatic carbocycles. The number of para-hydroxylation sites is 1. The Bertz CT molecular complexity index is 1130. The first-order chi connectivity index (χ1) is 14.4. The number of hydrogen-bond donors (Lipinski definition) is 1. The van der Waals surface area contributed by atoms with Crippen LogP contribution >= 0.6 is 0 Å². The van der Waals surface area contributed by atoms with E-state index in [1.807, 2.05) is 39.0 Å². The van der Waals surface area contributed by atoms with Crippen molar-refractivity contribution in [2.75, 3.05) is 10.2 Å². The first-order valence-electron chi connectivity index (χ1n) is 10.4. The van der Waals surface area contributed by atoms with Crippen molar-refractivity contribution >= 4 is 29.1 Å². The number of hydrogen-bond acceptors (Lipinski definition) is 3. The molecule has 0 spiro atoms. The molecular formula is C25H24N2O3. The number of carbonyl (C=O) groups excluding carboxylic acids is 3. The summed E-state index contributed by atoms with van der Waals surface area (Å²) in [6.07, 6.45) is 3.04. The van der Waals surface area contributed by atoms with E-state index in [0.29, 0.717) is 16.9 Å².